The molecule has 0 fully saturated rings. The monoisotopic (exact) mass is 318 g/mol. The highest BCUT2D eigenvalue weighted by atomic mass is 127. The van der Waals surface area contributed by atoms with E-state index in [-0.39, 0.29) is 5.78 Å². The van der Waals surface area contributed by atoms with Crippen molar-refractivity contribution in [1.82, 2.24) is 0 Å². The molecule has 0 spiro atoms. The zero-order valence-electron chi connectivity index (χ0n) is 8.54. The lowest BCUT2D eigenvalue weighted by atomic mass is 10.1. The van der Waals surface area contributed by atoms with Gasteiger partial charge in [-0.15, -0.1) is 0 Å². The molecule has 0 aliphatic rings. The highest BCUT2D eigenvalue weighted by Gasteiger charge is 2.13. The first kappa shape index (κ1) is 12.2. The molecule has 0 saturated carbocycles. The first-order valence-corrected chi connectivity index (χ1v) is 5.60. The Bertz CT molecular complexity index is 399. The van der Waals surface area contributed by atoms with Crippen LogP contribution in [0.2, 0.25) is 0 Å². The van der Waals surface area contributed by atoms with Crippen molar-refractivity contribution in [3.8, 4) is 5.75 Å². The summed E-state index contributed by atoms with van der Waals surface area (Å²) in [6.45, 7) is 3.81. The second-order valence-corrected chi connectivity index (χ2v) is 4.15. The average molecular weight is 318 g/mol. The largest absolute Gasteiger partial charge is 0.492 e. The number of ketones is 1. The molecular formula is C11H11IO3. The van der Waals surface area contributed by atoms with Gasteiger partial charge in [-0.2, -0.15) is 0 Å². The minimum Gasteiger partial charge on any atom is -0.492 e. The molecule has 3 nitrogen and oxygen atoms in total. The van der Waals surface area contributed by atoms with Gasteiger partial charge in [0.15, 0.2) is 5.78 Å². The van der Waals surface area contributed by atoms with E-state index in [0.29, 0.717) is 23.5 Å². The van der Waals surface area contributed by atoms with Crippen molar-refractivity contribution in [3.05, 3.63) is 26.8 Å². The number of aldehydes is 1. The molecule has 0 amide bonds. The predicted molar refractivity (Wildman–Crippen MR) is 65.7 cm³/mol. The fraction of sp³-hybridized carbons (Fsp3) is 0.273. The number of Topliss-reactive ketones (excluding diaryl/α,β-unsaturated/α-hetero) is 1. The van der Waals surface area contributed by atoms with Crippen molar-refractivity contribution in [2.75, 3.05) is 6.61 Å². The number of benzene rings is 1. The van der Waals surface area contributed by atoms with Crippen molar-refractivity contribution in [2.24, 2.45) is 0 Å². The predicted octanol–water partition coefficient (Wildman–Crippen LogP) is 2.71. The molecule has 0 heterocycles. The summed E-state index contributed by atoms with van der Waals surface area (Å²) in [5.74, 6) is 0.469. The van der Waals surface area contributed by atoms with Gasteiger partial charge in [0, 0.05) is 5.56 Å². The molecule has 4 heteroatoms. The van der Waals surface area contributed by atoms with Gasteiger partial charge in [-0.25, -0.2) is 0 Å². The second-order valence-electron chi connectivity index (χ2n) is 2.99. The van der Waals surface area contributed by atoms with E-state index < -0.39 is 0 Å². The number of hydrogen-bond acceptors (Lipinski definition) is 3. The molecule has 1 aromatic rings. The normalized spacial score (nSPS) is 9.80. The molecule has 0 bridgehead atoms. The Labute approximate surface area is 102 Å². The molecule has 0 unspecified atom stereocenters. The lowest BCUT2D eigenvalue weighted by molar-refractivity contribution is 0.101. The van der Waals surface area contributed by atoms with Crippen LogP contribution in [-0.4, -0.2) is 18.7 Å². The van der Waals surface area contributed by atoms with E-state index in [1.54, 1.807) is 12.1 Å². The molecule has 15 heavy (non-hydrogen) atoms. The van der Waals surface area contributed by atoms with Crippen molar-refractivity contribution in [2.45, 2.75) is 13.8 Å². The van der Waals surface area contributed by atoms with E-state index >= 15 is 0 Å². The molecule has 1 aromatic carbocycles. The zero-order valence-corrected chi connectivity index (χ0v) is 10.7. The van der Waals surface area contributed by atoms with Gasteiger partial charge in [0.1, 0.15) is 12.0 Å². The molecule has 0 aliphatic carbocycles. The van der Waals surface area contributed by atoms with Gasteiger partial charge in [0.05, 0.1) is 15.7 Å². The standard InChI is InChI=1S/C11H11IO3/c1-3-15-11-9(7(2)14)4-8(6-13)5-10(11)12/h4-6H,3H2,1-2H3. The molecule has 0 atom stereocenters. The van der Waals surface area contributed by atoms with Gasteiger partial charge in [0.2, 0.25) is 0 Å². The summed E-state index contributed by atoms with van der Waals surface area (Å²) in [6, 6.07) is 3.26. The summed E-state index contributed by atoms with van der Waals surface area (Å²) in [5, 5.41) is 0. The lowest BCUT2D eigenvalue weighted by Crippen LogP contribution is -2.04. The number of carbonyl (C=O) groups is 2. The third kappa shape index (κ3) is 2.77. The summed E-state index contributed by atoms with van der Waals surface area (Å²) < 4.78 is 6.17. The lowest BCUT2D eigenvalue weighted by Gasteiger charge is -2.10. The third-order valence-electron chi connectivity index (χ3n) is 1.87. The number of rotatable bonds is 4. The van der Waals surface area contributed by atoms with E-state index in [2.05, 4.69) is 22.6 Å². The number of ether oxygens (including phenoxy) is 1. The first-order chi connectivity index (χ1) is 7.10. The molecule has 80 valence electrons. The van der Waals surface area contributed by atoms with Crippen molar-refractivity contribution in [3.63, 3.8) is 0 Å². The Hall–Kier alpha value is -0.910. The van der Waals surface area contributed by atoms with Crippen LogP contribution in [0.5, 0.6) is 5.75 Å². The SMILES string of the molecule is CCOc1c(I)cc(C=O)cc1C(C)=O. The van der Waals surface area contributed by atoms with Gasteiger partial charge < -0.3 is 4.74 Å². The molecular weight excluding hydrogens is 307 g/mol. The minimum atomic E-state index is -0.0972. The second kappa shape index (κ2) is 5.25. The fourth-order valence-corrected chi connectivity index (χ4v) is 2.04. The van der Waals surface area contributed by atoms with Gasteiger partial charge in [-0.1, -0.05) is 0 Å². The zero-order chi connectivity index (χ0) is 11.4. The average Bonchev–Trinajstić information content (AvgIpc) is 2.20. The van der Waals surface area contributed by atoms with Crippen LogP contribution in [0.4, 0.5) is 0 Å². The van der Waals surface area contributed by atoms with Crippen LogP contribution >= 0.6 is 22.6 Å². The number of halogens is 1. The van der Waals surface area contributed by atoms with E-state index in [4.69, 9.17) is 4.74 Å². The van der Waals surface area contributed by atoms with Gasteiger partial charge in [0.25, 0.3) is 0 Å². The van der Waals surface area contributed by atoms with Crippen LogP contribution in [0.15, 0.2) is 12.1 Å². The van der Waals surface area contributed by atoms with Crippen LogP contribution in [0.1, 0.15) is 34.6 Å². The molecule has 0 radical (unpaired) electrons. The highest BCUT2D eigenvalue weighted by Crippen LogP contribution is 2.27. The molecule has 0 saturated heterocycles. The summed E-state index contributed by atoms with van der Waals surface area (Å²) in [5.41, 5.74) is 0.957. The number of hydrogen-bond donors (Lipinski definition) is 0. The summed E-state index contributed by atoms with van der Waals surface area (Å²) in [7, 11) is 0. The van der Waals surface area contributed by atoms with Gasteiger partial charge in [-0.05, 0) is 48.6 Å². The van der Waals surface area contributed by atoms with E-state index in [9.17, 15) is 9.59 Å². The van der Waals surface area contributed by atoms with Crippen LogP contribution in [0.25, 0.3) is 0 Å². The Morgan fingerprint density at radius 1 is 1.53 bits per heavy atom. The Balaban J connectivity index is 3.34. The smallest absolute Gasteiger partial charge is 0.163 e. The van der Waals surface area contributed by atoms with Crippen LogP contribution in [0, 0.1) is 3.57 Å². The van der Waals surface area contributed by atoms with Crippen molar-refractivity contribution in [1.29, 1.82) is 0 Å². The topological polar surface area (TPSA) is 43.4 Å². The molecule has 1 rings (SSSR count). The van der Waals surface area contributed by atoms with Crippen LogP contribution < -0.4 is 4.74 Å². The Morgan fingerprint density at radius 3 is 2.67 bits per heavy atom. The Kier molecular flexibility index (Phi) is 4.26. The van der Waals surface area contributed by atoms with E-state index in [0.717, 1.165) is 9.86 Å². The third-order valence-corrected chi connectivity index (χ3v) is 2.67. The van der Waals surface area contributed by atoms with Crippen LogP contribution in [0.3, 0.4) is 0 Å². The Morgan fingerprint density at radius 2 is 2.20 bits per heavy atom. The fourth-order valence-electron chi connectivity index (χ4n) is 1.23. The maximum absolute atomic E-state index is 11.4. The molecule has 0 aliphatic heterocycles. The van der Waals surface area contributed by atoms with Crippen molar-refractivity contribution < 1.29 is 14.3 Å². The number of carbonyl (C=O) groups excluding carboxylic acids is 2. The van der Waals surface area contributed by atoms with Gasteiger partial charge >= 0.3 is 0 Å². The summed E-state index contributed by atoms with van der Waals surface area (Å²) >= 11 is 2.06. The summed E-state index contributed by atoms with van der Waals surface area (Å²) in [6.07, 6.45) is 0.727. The minimum absolute atomic E-state index is 0.0972. The first-order valence-electron chi connectivity index (χ1n) is 4.52. The summed E-state index contributed by atoms with van der Waals surface area (Å²) in [4.78, 5) is 22.0. The van der Waals surface area contributed by atoms with E-state index in [1.165, 1.54) is 6.92 Å². The van der Waals surface area contributed by atoms with Crippen molar-refractivity contribution >= 4 is 34.7 Å². The maximum atomic E-state index is 11.4. The quantitative estimate of drug-likeness (QED) is 0.487. The van der Waals surface area contributed by atoms with E-state index in [1.807, 2.05) is 6.92 Å². The highest BCUT2D eigenvalue weighted by molar-refractivity contribution is 14.1. The van der Waals surface area contributed by atoms with Crippen LogP contribution in [-0.2, 0) is 0 Å². The van der Waals surface area contributed by atoms with Gasteiger partial charge in [-0.3, -0.25) is 9.59 Å². The molecule has 0 N–H and O–H groups in total. The maximum Gasteiger partial charge on any atom is 0.163 e. The molecule has 0 aromatic heterocycles.